The van der Waals surface area contributed by atoms with Crippen LogP contribution in [-0.4, -0.2) is 54.3 Å². The van der Waals surface area contributed by atoms with E-state index in [9.17, 15) is 14.7 Å². The van der Waals surface area contributed by atoms with Gasteiger partial charge in [0.2, 0.25) is 0 Å². The van der Waals surface area contributed by atoms with Crippen molar-refractivity contribution < 1.29 is 33.6 Å². The van der Waals surface area contributed by atoms with Gasteiger partial charge in [0, 0.05) is 12.0 Å². The van der Waals surface area contributed by atoms with E-state index in [0.717, 1.165) is 11.1 Å². The van der Waals surface area contributed by atoms with Crippen molar-refractivity contribution in [3.05, 3.63) is 53.2 Å². The van der Waals surface area contributed by atoms with Crippen molar-refractivity contribution in [2.24, 2.45) is 0 Å². The molecule has 1 N–H and O–H groups in total. The molecule has 1 aliphatic rings. The van der Waals surface area contributed by atoms with Gasteiger partial charge in [0.05, 0.1) is 38.3 Å². The fourth-order valence-corrected chi connectivity index (χ4v) is 4.35. The Bertz CT molecular complexity index is 1240. The van der Waals surface area contributed by atoms with Gasteiger partial charge in [0.25, 0.3) is 0 Å². The average Bonchev–Trinajstić information content (AvgIpc) is 3.46. The Labute approximate surface area is 196 Å². The molecule has 0 saturated carbocycles. The third-order valence-corrected chi connectivity index (χ3v) is 5.82. The van der Waals surface area contributed by atoms with Crippen LogP contribution in [0, 0.1) is 0 Å². The van der Waals surface area contributed by atoms with Crippen LogP contribution in [-0.2, 0) is 16.0 Å². The largest absolute Gasteiger partial charge is 0.496 e. The first-order chi connectivity index (χ1) is 16.3. The van der Waals surface area contributed by atoms with Crippen molar-refractivity contribution in [3.63, 3.8) is 0 Å². The van der Waals surface area contributed by atoms with E-state index in [2.05, 4.69) is 5.10 Å². The molecule has 0 radical (unpaired) electrons. The van der Waals surface area contributed by atoms with Crippen LogP contribution in [0.5, 0.6) is 17.2 Å². The maximum atomic E-state index is 12.4. The topological polar surface area (TPSA) is 109 Å². The molecule has 3 aromatic rings. The summed E-state index contributed by atoms with van der Waals surface area (Å²) < 4.78 is 23.4. The third-order valence-electron chi connectivity index (χ3n) is 5.82. The Kier molecular flexibility index (Phi) is 6.19. The van der Waals surface area contributed by atoms with Crippen LogP contribution in [0.25, 0.3) is 16.9 Å². The second-order valence-corrected chi connectivity index (χ2v) is 8.13. The number of carboxylic acid groups (broad SMARTS) is 1. The first kappa shape index (κ1) is 23.2. The van der Waals surface area contributed by atoms with Gasteiger partial charge in [-0.25, -0.2) is 14.3 Å². The van der Waals surface area contributed by atoms with Crippen LogP contribution in [0.3, 0.4) is 0 Å². The van der Waals surface area contributed by atoms with E-state index < -0.39 is 18.0 Å². The predicted molar refractivity (Wildman–Crippen MR) is 123 cm³/mol. The van der Waals surface area contributed by atoms with Gasteiger partial charge in [-0.2, -0.15) is 5.10 Å². The number of benzene rings is 2. The minimum Gasteiger partial charge on any atom is -0.496 e. The number of carboxylic acids is 1. The quantitative estimate of drug-likeness (QED) is 0.523. The van der Waals surface area contributed by atoms with Crippen LogP contribution in [0.2, 0.25) is 0 Å². The van der Waals surface area contributed by atoms with Crippen LogP contribution >= 0.6 is 0 Å². The Morgan fingerprint density at radius 3 is 2.35 bits per heavy atom. The molecule has 34 heavy (non-hydrogen) atoms. The number of rotatable bonds is 7. The number of aromatic nitrogens is 2. The Morgan fingerprint density at radius 1 is 1.12 bits per heavy atom. The number of carbonyl (C=O) groups is 2. The molecule has 0 bridgehead atoms. The number of carbonyl (C=O) groups excluding carboxylic acids is 1. The lowest BCUT2D eigenvalue weighted by molar-refractivity contribution is -0.144. The molecule has 9 heteroatoms. The smallest absolute Gasteiger partial charge is 0.358 e. The number of ether oxygens (including phenoxy) is 4. The number of methoxy groups -OCH3 is 3. The maximum absolute atomic E-state index is 12.4. The molecule has 0 fully saturated rings. The molecule has 0 saturated heterocycles. The molecule has 0 amide bonds. The summed E-state index contributed by atoms with van der Waals surface area (Å²) in [7, 11) is 4.40. The van der Waals surface area contributed by atoms with Crippen molar-refractivity contribution in [2.45, 2.75) is 32.3 Å². The fraction of sp³-hybridized carbons (Fsp3) is 0.320. The molecule has 1 atom stereocenters. The molecule has 2 heterocycles. The van der Waals surface area contributed by atoms with Crippen LogP contribution in [0.15, 0.2) is 36.4 Å². The summed E-state index contributed by atoms with van der Waals surface area (Å²) in [6.45, 7) is 4.03. The molecule has 178 valence electrons. The first-order valence-electron chi connectivity index (χ1n) is 10.8. The minimum absolute atomic E-state index is 0.0132. The van der Waals surface area contributed by atoms with Crippen molar-refractivity contribution in [1.29, 1.82) is 0 Å². The normalized spacial score (nSPS) is 14.5. The summed E-state index contributed by atoms with van der Waals surface area (Å²) in [5.74, 6) is 0.0298. The highest BCUT2D eigenvalue weighted by Gasteiger charge is 2.33. The maximum Gasteiger partial charge on any atom is 0.358 e. The molecule has 0 spiro atoms. The Morgan fingerprint density at radius 2 is 1.79 bits per heavy atom. The molecule has 2 aromatic carbocycles. The van der Waals surface area contributed by atoms with Crippen LogP contribution < -0.4 is 14.2 Å². The number of esters is 1. The predicted octanol–water partition coefficient (Wildman–Crippen LogP) is 3.85. The average molecular weight is 466 g/mol. The van der Waals surface area contributed by atoms with Gasteiger partial charge in [-0.15, -0.1) is 0 Å². The lowest BCUT2D eigenvalue weighted by Gasteiger charge is -2.20. The van der Waals surface area contributed by atoms with Gasteiger partial charge >= 0.3 is 11.9 Å². The van der Waals surface area contributed by atoms with Crippen molar-refractivity contribution in [1.82, 2.24) is 9.78 Å². The molecule has 1 aromatic heterocycles. The molecule has 0 aliphatic carbocycles. The zero-order chi connectivity index (χ0) is 24.6. The van der Waals surface area contributed by atoms with E-state index in [1.54, 1.807) is 49.2 Å². The summed E-state index contributed by atoms with van der Waals surface area (Å²) in [5.41, 5.74) is 3.68. The van der Waals surface area contributed by atoms with Crippen LogP contribution in [0.4, 0.5) is 0 Å². The second-order valence-electron chi connectivity index (χ2n) is 8.13. The Balaban J connectivity index is 2.01. The number of hydrogen-bond acceptors (Lipinski definition) is 7. The summed E-state index contributed by atoms with van der Waals surface area (Å²) in [5, 5.41) is 14.1. The first-order valence-corrected chi connectivity index (χ1v) is 10.8. The Hall–Kier alpha value is -4.01. The van der Waals surface area contributed by atoms with E-state index >= 15 is 0 Å². The molecule has 1 aliphatic heterocycles. The van der Waals surface area contributed by atoms with E-state index in [-0.39, 0.29) is 18.0 Å². The second kappa shape index (κ2) is 9.09. The van der Waals surface area contributed by atoms with Gasteiger partial charge < -0.3 is 24.1 Å². The summed E-state index contributed by atoms with van der Waals surface area (Å²) >= 11 is 0. The fourth-order valence-electron chi connectivity index (χ4n) is 4.35. The molecule has 1 unspecified atom stereocenters. The highest BCUT2D eigenvalue weighted by Crippen LogP contribution is 2.43. The number of fused-ring (bicyclic) bond motifs is 1. The van der Waals surface area contributed by atoms with Crippen molar-refractivity contribution >= 4 is 11.9 Å². The van der Waals surface area contributed by atoms with Gasteiger partial charge in [-0.05, 0) is 41.8 Å². The number of nitrogens with zero attached hydrogens (tertiary/aromatic N) is 2. The molecule has 4 rings (SSSR count). The van der Waals surface area contributed by atoms with E-state index in [4.69, 9.17) is 18.9 Å². The summed E-state index contributed by atoms with van der Waals surface area (Å²) in [4.78, 5) is 24.0. The lowest BCUT2D eigenvalue weighted by Crippen LogP contribution is -2.24. The van der Waals surface area contributed by atoms with E-state index in [1.807, 2.05) is 19.9 Å². The minimum atomic E-state index is -1.01. The monoisotopic (exact) mass is 466 g/mol. The zero-order valence-electron chi connectivity index (χ0n) is 19.6. The summed E-state index contributed by atoms with van der Waals surface area (Å²) in [6.07, 6.45) is -0.704. The zero-order valence-corrected chi connectivity index (χ0v) is 19.6. The van der Waals surface area contributed by atoms with Gasteiger partial charge in [-0.1, -0.05) is 19.9 Å². The van der Waals surface area contributed by atoms with Crippen molar-refractivity contribution in [2.75, 3.05) is 21.3 Å². The SMILES string of the molecule is COC(=O)c1cc(-c2c(OC)cccc2OC)n(-c2ccc3c(c2C(C)C)CC(C(=O)O)O3)n1. The summed E-state index contributed by atoms with van der Waals surface area (Å²) in [6, 6.07) is 10.6. The standard InChI is InChI=1S/C25H26N2O7/c1-13(2)22-14-11-21(24(28)29)34-18(14)10-9-16(22)27-17(12-15(26-27)25(30)33-5)23-19(31-3)7-6-8-20(23)32-4/h6-10,12-13,21H,11H2,1-5H3,(H,28,29). The van der Waals surface area contributed by atoms with Gasteiger partial charge in [0.15, 0.2) is 11.8 Å². The van der Waals surface area contributed by atoms with Crippen molar-refractivity contribution in [3.8, 4) is 34.2 Å². The number of aliphatic carboxylic acids is 1. The number of hydrogen-bond donors (Lipinski definition) is 1. The van der Waals surface area contributed by atoms with Gasteiger partial charge in [-0.3, -0.25) is 0 Å². The lowest BCUT2D eigenvalue weighted by atomic mass is 9.92. The highest BCUT2D eigenvalue weighted by molar-refractivity contribution is 5.90. The third kappa shape index (κ3) is 3.83. The van der Waals surface area contributed by atoms with E-state index in [1.165, 1.54) is 7.11 Å². The highest BCUT2D eigenvalue weighted by atomic mass is 16.5. The van der Waals surface area contributed by atoms with Gasteiger partial charge in [0.1, 0.15) is 17.2 Å². The van der Waals surface area contributed by atoms with E-state index in [0.29, 0.717) is 34.2 Å². The molecular formula is C25H26N2O7. The van der Waals surface area contributed by atoms with Crippen LogP contribution in [0.1, 0.15) is 41.4 Å². The molecule has 9 nitrogen and oxygen atoms in total. The molecular weight excluding hydrogens is 440 g/mol.